The van der Waals surface area contributed by atoms with E-state index in [-0.39, 0.29) is 5.91 Å². The van der Waals surface area contributed by atoms with E-state index in [1.165, 1.54) is 0 Å². The molecule has 1 aliphatic heterocycles. The van der Waals surface area contributed by atoms with Crippen molar-refractivity contribution in [2.24, 2.45) is 0 Å². The van der Waals surface area contributed by atoms with Crippen molar-refractivity contribution in [1.82, 2.24) is 0 Å². The lowest BCUT2D eigenvalue weighted by atomic mass is 9.78. The van der Waals surface area contributed by atoms with Crippen LogP contribution in [0.25, 0.3) is 0 Å². The number of amides is 1. The Labute approximate surface area is 104 Å². The zero-order valence-corrected chi connectivity index (χ0v) is 10.1. The van der Waals surface area contributed by atoms with Crippen LogP contribution >= 0.6 is 11.6 Å². The number of nitrogens with one attached hydrogen (secondary N) is 1. The summed E-state index contributed by atoms with van der Waals surface area (Å²) in [7, 11) is 1.55. The van der Waals surface area contributed by atoms with Gasteiger partial charge < -0.3 is 14.8 Å². The molecule has 0 radical (unpaired) electrons. The predicted octanol–water partition coefficient (Wildman–Crippen LogP) is 2.60. The Morgan fingerprint density at radius 3 is 2.82 bits per heavy atom. The largest absolute Gasteiger partial charge is 0.495 e. The van der Waals surface area contributed by atoms with Gasteiger partial charge in [0, 0.05) is 6.07 Å². The zero-order valence-electron chi connectivity index (χ0n) is 9.38. The number of anilines is 1. The lowest BCUT2D eigenvalue weighted by Gasteiger charge is -2.43. The molecule has 0 aromatic heterocycles. The normalized spacial score (nSPS) is 20.0. The molecule has 1 aliphatic carbocycles. The van der Waals surface area contributed by atoms with Crippen LogP contribution in [-0.2, 0) is 4.79 Å². The number of methoxy groups -OCH3 is 1. The van der Waals surface area contributed by atoms with Gasteiger partial charge in [-0.15, -0.1) is 0 Å². The third-order valence-corrected chi connectivity index (χ3v) is 3.68. The second-order valence-corrected chi connectivity index (χ2v) is 4.79. The molecule has 1 aromatic rings. The van der Waals surface area contributed by atoms with Crippen molar-refractivity contribution in [3.8, 4) is 11.5 Å². The van der Waals surface area contributed by atoms with E-state index in [0.717, 1.165) is 19.3 Å². The van der Waals surface area contributed by atoms with Crippen LogP contribution in [0, 0.1) is 0 Å². The average Bonchev–Trinajstić information content (AvgIpc) is 2.25. The summed E-state index contributed by atoms with van der Waals surface area (Å²) in [6.45, 7) is 0. The second-order valence-electron chi connectivity index (χ2n) is 4.39. The molecule has 1 spiro atoms. The summed E-state index contributed by atoms with van der Waals surface area (Å²) in [5, 5.41) is 3.30. The Bertz CT molecular complexity index is 497. The van der Waals surface area contributed by atoms with E-state index in [1.807, 2.05) is 0 Å². The molecule has 0 unspecified atom stereocenters. The molecule has 1 heterocycles. The molecular formula is C12H12ClNO3. The third-order valence-electron chi connectivity index (χ3n) is 3.38. The fourth-order valence-corrected chi connectivity index (χ4v) is 2.43. The first-order valence-corrected chi connectivity index (χ1v) is 5.90. The first kappa shape index (κ1) is 10.7. The first-order valence-electron chi connectivity index (χ1n) is 5.53. The van der Waals surface area contributed by atoms with Gasteiger partial charge in [0.15, 0.2) is 5.60 Å². The van der Waals surface area contributed by atoms with Gasteiger partial charge in [0.1, 0.15) is 11.5 Å². The number of carbonyl (C=O) groups is 1. The summed E-state index contributed by atoms with van der Waals surface area (Å²) in [4.78, 5) is 11.9. The third kappa shape index (κ3) is 1.47. The van der Waals surface area contributed by atoms with Crippen LogP contribution in [0.15, 0.2) is 12.1 Å². The van der Waals surface area contributed by atoms with E-state index < -0.39 is 5.60 Å². The van der Waals surface area contributed by atoms with Crippen LogP contribution in [0.5, 0.6) is 11.5 Å². The zero-order chi connectivity index (χ0) is 12.0. The van der Waals surface area contributed by atoms with E-state index in [0.29, 0.717) is 22.2 Å². The van der Waals surface area contributed by atoms with Crippen LogP contribution in [0.2, 0.25) is 5.02 Å². The molecule has 17 heavy (non-hydrogen) atoms. The maximum Gasteiger partial charge on any atom is 0.268 e. The van der Waals surface area contributed by atoms with E-state index in [1.54, 1.807) is 19.2 Å². The molecule has 1 N–H and O–H groups in total. The Hall–Kier alpha value is -1.42. The van der Waals surface area contributed by atoms with Crippen LogP contribution in [0.1, 0.15) is 19.3 Å². The molecule has 90 valence electrons. The van der Waals surface area contributed by atoms with E-state index in [4.69, 9.17) is 21.1 Å². The molecule has 4 nitrogen and oxygen atoms in total. The molecule has 1 aromatic carbocycles. The highest BCUT2D eigenvalue weighted by Gasteiger charge is 2.49. The molecule has 3 rings (SSSR count). The van der Waals surface area contributed by atoms with Gasteiger partial charge in [-0.25, -0.2) is 0 Å². The maximum absolute atomic E-state index is 11.9. The number of fused-ring (bicyclic) bond motifs is 1. The van der Waals surface area contributed by atoms with Crippen LogP contribution in [0.3, 0.4) is 0 Å². The molecular weight excluding hydrogens is 242 g/mol. The standard InChI is InChI=1S/C12H12ClNO3/c1-16-9-6-10-8(5-7(9)13)14-11(15)12(17-10)3-2-4-12/h5-6H,2-4H2,1H3,(H,14,15). The van der Waals surface area contributed by atoms with Crippen LogP contribution in [0.4, 0.5) is 5.69 Å². The van der Waals surface area contributed by atoms with Crippen molar-refractivity contribution in [1.29, 1.82) is 0 Å². The minimum absolute atomic E-state index is 0.0718. The summed E-state index contributed by atoms with van der Waals surface area (Å²) >= 11 is 6.00. The Morgan fingerprint density at radius 2 is 2.24 bits per heavy atom. The minimum atomic E-state index is -0.661. The first-order chi connectivity index (χ1) is 8.14. The highest BCUT2D eigenvalue weighted by molar-refractivity contribution is 6.32. The SMILES string of the molecule is COc1cc2c(cc1Cl)NC(=O)C1(CCC1)O2. The smallest absolute Gasteiger partial charge is 0.268 e. The van der Waals surface area contributed by atoms with Crippen molar-refractivity contribution in [2.45, 2.75) is 24.9 Å². The highest BCUT2D eigenvalue weighted by Crippen LogP contribution is 2.46. The second kappa shape index (κ2) is 3.53. The predicted molar refractivity (Wildman–Crippen MR) is 63.8 cm³/mol. The van der Waals surface area contributed by atoms with Gasteiger partial charge in [0.05, 0.1) is 17.8 Å². The fourth-order valence-electron chi connectivity index (χ4n) is 2.19. The number of carbonyl (C=O) groups excluding carboxylic acids is 1. The summed E-state index contributed by atoms with van der Waals surface area (Å²) in [6, 6.07) is 3.37. The molecule has 2 aliphatic rings. The summed E-state index contributed by atoms with van der Waals surface area (Å²) in [6.07, 6.45) is 2.56. The average molecular weight is 254 g/mol. The fraction of sp³-hybridized carbons (Fsp3) is 0.417. The van der Waals surface area contributed by atoms with Gasteiger partial charge in [-0.3, -0.25) is 4.79 Å². The highest BCUT2D eigenvalue weighted by atomic mass is 35.5. The number of hydrogen-bond donors (Lipinski definition) is 1. The van der Waals surface area contributed by atoms with Crippen molar-refractivity contribution >= 4 is 23.2 Å². The van der Waals surface area contributed by atoms with Gasteiger partial charge in [-0.2, -0.15) is 0 Å². The van der Waals surface area contributed by atoms with Crippen molar-refractivity contribution < 1.29 is 14.3 Å². The van der Waals surface area contributed by atoms with Gasteiger partial charge in [0.2, 0.25) is 0 Å². The van der Waals surface area contributed by atoms with Crippen LogP contribution < -0.4 is 14.8 Å². The number of hydrogen-bond acceptors (Lipinski definition) is 3. The topological polar surface area (TPSA) is 47.6 Å². The van der Waals surface area contributed by atoms with Gasteiger partial charge in [-0.05, 0) is 25.3 Å². The summed E-state index contributed by atoms with van der Waals surface area (Å²) in [5.74, 6) is 1.11. The monoisotopic (exact) mass is 253 g/mol. The van der Waals surface area contributed by atoms with Crippen molar-refractivity contribution in [3.63, 3.8) is 0 Å². The lowest BCUT2D eigenvalue weighted by Crippen LogP contribution is -2.55. The number of ether oxygens (including phenoxy) is 2. The molecule has 0 saturated heterocycles. The summed E-state index contributed by atoms with van der Waals surface area (Å²) < 4.78 is 10.9. The van der Waals surface area contributed by atoms with Crippen molar-refractivity contribution in [2.75, 3.05) is 12.4 Å². The Balaban J connectivity index is 2.03. The number of benzene rings is 1. The van der Waals surface area contributed by atoms with E-state index >= 15 is 0 Å². The molecule has 0 bridgehead atoms. The molecule has 5 heteroatoms. The van der Waals surface area contributed by atoms with Crippen LogP contribution in [-0.4, -0.2) is 18.6 Å². The Kier molecular flexibility index (Phi) is 2.23. The quantitative estimate of drug-likeness (QED) is 0.837. The number of halogens is 1. The maximum atomic E-state index is 11.9. The lowest BCUT2D eigenvalue weighted by molar-refractivity contribution is -0.139. The van der Waals surface area contributed by atoms with E-state index in [9.17, 15) is 4.79 Å². The van der Waals surface area contributed by atoms with Gasteiger partial charge in [-0.1, -0.05) is 11.6 Å². The molecule has 0 atom stereocenters. The molecule has 1 fully saturated rings. The molecule has 1 saturated carbocycles. The van der Waals surface area contributed by atoms with Crippen molar-refractivity contribution in [3.05, 3.63) is 17.2 Å². The summed E-state index contributed by atoms with van der Waals surface area (Å²) in [5.41, 5.74) is -0.0513. The van der Waals surface area contributed by atoms with Gasteiger partial charge in [0.25, 0.3) is 5.91 Å². The Morgan fingerprint density at radius 1 is 1.47 bits per heavy atom. The van der Waals surface area contributed by atoms with Gasteiger partial charge >= 0.3 is 0 Å². The molecule has 1 amide bonds. The van der Waals surface area contributed by atoms with E-state index in [2.05, 4.69) is 5.32 Å². The minimum Gasteiger partial charge on any atom is -0.495 e. The number of rotatable bonds is 1.